The molecule has 3 unspecified atom stereocenters. The number of phenolic OH excluding ortho intramolecular Hbond substituents is 1. The summed E-state index contributed by atoms with van der Waals surface area (Å²) in [5, 5.41) is 20.2. The number of carbonyl (C=O) groups excluding carboxylic acids is 1. The molecule has 2 N–H and O–H groups in total. The summed E-state index contributed by atoms with van der Waals surface area (Å²) < 4.78 is 20.8. The molecule has 3 rings (SSSR count). The van der Waals surface area contributed by atoms with Gasteiger partial charge in [0.1, 0.15) is 0 Å². The number of aliphatic hydroxyl groups is 1. The van der Waals surface area contributed by atoms with Crippen LogP contribution in [-0.2, 0) is 9.53 Å². The number of aliphatic hydroxyl groups excluding tert-OH is 1. The molecule has 1 fully saturated rings. The van der Waals surface area contributed by atoms with Crippen molar-refractivity contribution in [2.45, 2.75) is 83.8 Å². The fourth-order valence-corrected chi connectivity index (χ4v) is 6.99. The average molecular weight is 525 g/mol. The molecule has 1 heterocycles. The summed E-state index contributed by atoms with van der Waals surface area (Å²) in [4.78, 5) is 10.9. The number of unbranched alkanes of at least 4 members (excludes halogenated alkanes) is 3. The van der Waals surface area contributed by atoms with Crippen LogP contribution in [0.4, 0.5) is 4.39 Å². The molecule has 1 aliphatic carbocycles. The summed E-state index contributed by atoms with van der Waals surface area (Å²) in [5.41, 5.74) is 1.23. The summed E-state index contributed by atoms with van der Waals surface area (Å²) in [6.45, 7) is 5.75. The van der Waals surface area contributed by atoms with Crippen molar-refractivity contribution < 1.29 is 24.1 Å². The Kier molecular flexibility index (Phi) is 10.6. The molecule has 4 nitrogen and oxygen atoms in total. The predicted octanol–water partition coefficient (Wildman–Crippen LogP) is 7.05. The number of phenols is 1. The van der Waals surface area contributed by atoms with Crippen molar-refractivity contribution in [3.8, 4) is 5.75 Å². The first-order valence-electron chi connectivity index (χ1n) is 12.9. The van der Waals surface area contributed by atoms with Crippen LogP contribution in [0, 0.1) is 17.2 Å². The Bertz CT molecular complexity index is 888. The predicted molar refractivity (Wildman–Crippen MR) is 144 cm³/mol. The van der Waals surface area contributed by atoms with Gasteiger partial charge in [0.25, 0.3) is 0 Å². The maximum atomic E-state index is 14.2. The van der Waals surface area contributed by atoms with Gasteiger partial charge in [-0.05, 0) is 81.6 Å². The van der Waals surface area contributed by atoms with Crippen LogP contribution in [0.2, 0.25) is 0 Å². The Balaban J connectivity index is 1.52. The molecule has 2 aliphatic rings. The lowest BCUT2D eigenvalue weighted by molar-refractivity contribution is -0.223. The van der Waals surface area contributed by atoms with Gasteiger partial charge in [-0.2, -0.15) is 11.8 Å². The highest BCUT2D eigenvalue weighted by molar-refractivity contribution is 8.13. The summed E-state index contributed by atoms with van der Waals surface area (Å²) in [7, 11) is 0. The molecule has 1 aliphatic heterocycles. The Morgan fingerprint density at radius 3 is 2.54 bits per heavy atom. The number of carbonyl (C=O) groups is 1. The minimum atomic E-state index is -0.627. The zero-order valence-electron chi connectivity index (χ0n) is 21.4. The topological polar surface area (TPSA) is 66.8 Å². The zero-order chi connectivity index (χ0) is 25.5. The van der Waals surface area contributed by atoms with Crippen molar-refractivity contribution in [1.29, 1.82) is 0 Å². The van der Waals surface area contributed by atoms with Crippen LogP contribution in [0.3, 0.4) is 0 Å². The van der Waals surface area contributed by atoms with E-state index in [1.54, 1.807) is 13.0 Å². The zero-order valence-corrected chi connectivity index (χ0v) is 23.0. The van der Waals surface area contributed by atoms with Gasteiger partial charge in [0, 0.05) is 24.0 Å². The molecular formula is C28H41FO4S2. The maximum absolute atomic E-state index is 14.2. The second-order valence-corrected chi connectivity index (χ2v) is 13.0. The third-order valence-corrected chi connectivity index (χ3v) is 9.81. The minimum Gasteiger partial charge on any atom is -0.505 e. The fourth-order valence-electron chi connectivity index (χ4n) is 5.39. The SMILES string of the molecule is CC(=O)SCCCCCCSCCCC1=CCC2(CO)CC1C(c1ccc(O)c(F)c1)OC2(C)C. The molecule has 0 amide bonds. The Hall–Kier alpha value is -1.02. The normalized spacial score (nSPS) is 25.3. The quantitative estimate of drug-likeness (QED) is 0.213. The van der Waals surface area contributed by atoms with Crippen molar-refractivity contribution in [1.82, 2.24) is 0 Å². The van der Waals surface area contributed by atoms with Crippen LogP contribution < -0.4 is 0 Å². The molecule has 1 aromatic carbocycles. The lowest BCUT2D eigenvalue weighted by Gasteiger charge is -2.57. The average Bonchev–Trinajstić information content (AvgIpc) is 2.82. The smallest absolute Gasteiger partial charge is 0.185 e. The summed E-state index contributed by atoms with van der Waals surface area (Å²) in [6.07, 6.45) is 10.5. The first kappa shape index (κ1) is 28.5. The van der Waals surface area contributed by atoms with E-state index >= 15 is 0 Å². The summed E-state index contributed by atoms with van der Waals surface area (Å²) in [6, 6.07) is 4.55. The molecule has 35 heavy (non-hydrogen) atoms. The van der Waals surface area contributed by atoms with Gasteiger partial charge in [0.2, 0.25) is 0 Å². The van der Waals surface area contributed by atoms with Crippen molar-refractivity contribution in [2.24, 2.45) is 11.3 Å². The van der Waals surface area contributed by atoms with E-state index in [1.807, 2.05) is 25.6 Å². The summed E-state index contributed by atoms with van der Waals surface area (Å²) in [5.74, 6) is 2.35. The van der Waals surface area contributed by atoms with Gasteiger partial charge in [-0.1, -0.05) is 42.3 Å². The molecule has 1 aromatic rings. The van der Waals surface area contributed by atoms with E-state index in [9.17, 15) is 19.4 Å². The van der Waals surface area contributed by atoms with Crippen LogP contribution in [0.5, 0.6) is 5.75 Å². The second kappa shape index (κ2) is 13.0. The third-order valence-electron chi connectivity index (χ3n) is 7.75. The van der Waals surface area contributed by atoms with Crippen molar-refractivity contribution in [3.63, 3.8) is 0 Å². The lowest BCUT2D eigenvalue weighted by atomic mass is 9.58. The molecule has 0 spiro atoms. The number of aromatic hydroxyl groups is 1. The number of benzene rings is 1. The molecule has 196 valence electrons. The number of hydrogen-bond acceptors (Lipinski definition) is 6. The highest BCUT2D eigenvalue weighted by Crippen LogP contribution is 2.58. The van der Waals surface area contributed by atoms with Gasteiger partial charge in [0.15, 0.2) is 16.7 Å². The van der Waals surface area contributed by atoms with Gasteiger partial charge in [0.05, 0.1) is 18.3 Å². The van der Waals surface area contributed by atoms with E-state index < -0.39 is 11.4 Å². The van der Waals surface area contributed by atoms with E-state index in [0.29, 0.717) is 0 Å². The van der Waals surface area contributed by atoms with Crippen LogP contribution in [-0.4, -0.2) is 44.8 Å². The van der Waals surface area contributed by atoms with Gasteiger partial charge in [-0.3, -0.25) is 4.79 Å². The minimum absolute atomic E-state index is 0.0697. The summed E-state index contributed by atoms with van der Waals surface area (Å²) >= 11 is 3.43. The molecule has 7 heteroatoms. The van der Waals surface area contributed by atoms with Crippen molar-refractivity contribution >= 4 is 28.6 Å². The standard InChI is InChI=1S/C28H41FO4S2/c1-20(31)35-16-7-5-4-6-14-34-15-8-9-21-12-13-28(19-30)18-23(21)26(33-27(28,2)3)22-10-11-25(32)24(29)17-22/h10-12,17,23,26,30,32H,4-9,13-16,18-19H2,1-3H3. The number of thioether (sulfide) groups is 2. The van der Waals surface area contributed by atoms with Gasteiger partial charge < -0.3 is 14.9 Å². The van der Waals surface area contributed by atoms with Crippen LogP contribution in [0.15, 0.2) is 29.8 Å². The Morgan fingerprint density at radius 2 is 1.86 bits per heavy atom. The second-order valence-electron chi connectivity index (χ2n) is 10.5. The first-order valence-corrected chi connectivity index (χ1v) is 15.0. The molecule has 2 bridgehead atoms. The molecule has 3 atom stereocenters. The lowest BCUT2D eigenvalue weighted by Crippen LogP contribution is -2.56. The van der Waals surface area contributed by atoms with Crippen LogP contribution in [0.25, 0.3) is 0 Å². The number of allylic oxidation sites excluding steroid dienone is 1. The largest absolute Gasteiger partial charge is 0.505 e. The van der Waals surface area contributed by atoms with Crippen molar-refractivity contribution in [2.75, 3.05) is 23.9 Å². The van der Waals surface area contributed by atoms with E-state index in [-0.39, 0.29) is 34.9 Å². The Morgan fingerprint density at radius 1 is 1.14 bits per heavy atom. The third kappa shape index (κ3) is 7.27. The van der Waals surface area contributed by atoms with Crippen LogP contribution in [0.1, 0.15) is 83.8 Å². The number of rotatable bonds is 13. The molecular weight excluding hydrogens is 483 g/mol. The Labute approximate surface area is 218 Å². The number of ether oxygens (including phenoxy) is 1. The molecule has 0 radical (unpaired) electrons. The highest BCUT2D eigenvalue weighted by atomic mass is 32.2. The van der Waals surface area contributed by atoms with Gasteiger partial charge in [-0.15, -0.1) is 0 Å². The molecule has 1 saturated heterocycles. The molecule has 0 aromatic heterocycles. The fraction of sp³-hybridized carbons (Fsp3) is 0.679. The van der Waals surface area contributed by atoms with Crippen molar-refractivity contribution in [3.05, 3.63) is 41.2 Å². The van der Waals surface area contributed by atoms with E-state index in [0.717, 1.165) is 49.2 Å². The highest BCUT2D eigenvalue weighted by Gasteiger charge is 2.55. The van der Waals surface area contributed by atoms with E-state index in [2.05, 4.69) is 6.08 Å². The van der Waals surface area contributed by atoms with E-state index in [1.165, 1.54) is 54.5 Å². The van der Waals surface area contributed by atoms with Crippen LogP contribution >= 0.6 is 23.5 Å². The first-order chi connectivity index (χ1) is 16.7. The molecule has 0 saturated carbocycles. The maximum Gasteiger partial charge on any atom is 0.185 e. The van der Waals surface area contributed by atoms with Gasteiger partial charge in [-0.25, -0.2) is 4.39 Å². The number of hydrogen-bond donors (Lipinski definition) is 2. The monoisotopic (exact) mass is 524 g/mol. The number of halogens is 1. The van der Waals surface area contributed by atoms with Gasteiger partial charge >= 0.3 is 0 Å². The number of fused-ring (bicyclic) bond motifs is 2. The van der Waals surface area contributed by atoms with E-state index in [4.69, 9.17) is 4.74 Å².